The summed E-state index contributed by atoms with van der Waals surface area (Å²) in [5.41, 5.74) is 1.49. The van der Waals surface area contributed by atoms with E-state index >= 15 is 8.78 Å². The van der Waals surface area contributed by atoms with Crippen molar-refractivity contribution in [3.63, 3.8) is 0 Å². The molecule has 6 aromatic rings. The quantitative estimate of drug-likeness (QED) is 0.200. The van der Waals surface area contributed by atoms with Crippen molar-refractivity contribution in [3.05, 3.63) is 119 Å². The number of halogens is 4. The van der Waals surface area contributed by atoms with Gasteiger partial charge in [0.15, 0.2) is 0 Å². The first-order valence-corrected chi connectivity index (χ1v) is 14.7. The minimum absolute atomic E-state index is 0.0478. The van der Waals surface area contributed by atoms with Crippen LogP contribution >= 0.6 is 31.0 Å². The molecule has 0 atom stereocenters. The lowest BCUT2D eigenvalue weighted by Gasteiger charge is -2.19. The number of hydrogen-bond acceptors (Lipinski definition) is 3. The number of phosphoric acid groups is 1. The first-order chi connectivity index (χ1) is 19.7. The second kappa shape index (κ2) is 9.57. The van der Waals surface area contributed by atoms with Crippen LogP contribution in [0.25, 0.3) is 54.9 Å². The Hall–Kier alpha value is -3.93. The van der Waals surface area contributed by atoms with Crippen LogP contribution in [-0.2, 0) is 4.57 Å². The molecule has 0 bridgehead atoms. The summed E-state index contributed by atoms with van der Waals surface area (Å²) in [6.07, 6.45) is 0. The third kappa shape index (κ3) is 4.35. The molecule has 0 aliphatic carbocycles. The molecule has 4 nitrogen and oxygen atoms in total. The SMILES string of the molecule is O=P1(O)Oc2c(-c3ccc(Cl)cc3F)cc3ccccc3c2-c2c(c(-c3ccc(Cl)cc3F)cc3ccccc23)O1. The van der Waals surface area contributed by atoms with Crippen LogP contribution in [0.15, 0.2) is 97.1 Å². The highest BCUT2D eigenvalue weighted by atomic mass is 35.5. The highest BCUT2D eigenvalue weighted by Crippen LogP contribution is 2.61. The van der Waals surface area contributed by atoms with Crippen LogP contribution in [0.2, 0.25) is 10.0 Å². The summed E-state index contributed by atoms with van der Waals surface area (Å²) in [5.74, 6) is -1.38. The van der Waals surface area contributed by atoms with Gasteiger partial charge in [0, 0.05) is 43.4 Å². The topological polar surface area (TPSA) is 55.8 Å². The highest BCUT2D eigenvalue weighted by Gasteiger charge is 2.38. The van der Waals surface area contributed by atoms with E-state index in [9.17, 15) is 9.46 Å². The number of phosphoric ester groups is 1. The standard InChI is InChI=1S/C32H17Cl2F2O4P/c33-19-9-11-23(27(35)15-19)25-13-17-5-1-3-7-21(17)29-30-22-8-4-2-6-18(22)14-26(24-12-10-20(34)16-28(24)36)32(30)40-41(37,38)39-31(25)29/h1-16H,(H,37,38). The van der Waals surface area contributed by atoms with E-state index in [0.717, 1.165) is 12.1 Å². The Morgan fingerprint density at radius 1 is 0.585 bits per heavy atom. The van der Waals surface area contributed by atoms with Crippen molar-refractivity contribution in [2.75, 3.05) is 0 Å². The maximum Gasteiger partial charge on any atom is 0.584 e. The van der Waals surface area contributed by atoms with Crippen LogP contribution in [0, 0.1) is 11.6 Å². The molecule has 1 N–H and O–H groups in total. The van der Waals surface area contributed by atoms with Gasteiger partial charge in [0.2, 0.25) is 0 Å². The molecule has 0 radical (unpaired) electrons. The molecule has 9 heteroatoms. The Morgan fingerprint density at radius 2 is 1.00 bits per heavy atom. The molecule has 7 rings (SSSR count). The van der Waals surface area contributed by atoms with Crippen molar-refractivity contribution in [3.8, 4) is 44.9 Å². The lowest BCUT2D eigenvalue weighted by molar-refractivity contribution is 0.295. The monoisotopic (exact) mass is 604 g/mol. The Morgan fingerprint density at radius 3 is 1.41 bits per heavy atom. The third-order valence-electron chi connectivity index (χ3n) is 7.11. The molecule has 0 fully saturated rings. The minimum atomic E-state index is -4.89. The van der Waals surface area contributed by atoms with E-state index in [1.54, 1.807) is 12.1 Å². The number of fused-ring (bicyclic) bond motifs is 7. The molecule has 6 aromatic carbocycles. The van der Waals surface area contributed by atoms with Crippen LogP contribution in [0.4, 0.5) is 8.78 Å². The molecule has 1 aliphatic rings. The lowest BCUT2D eigenvalue weighted by Crippen LogP contribution is -2.00. The summed E-state index contributed by atoms with van der Waals surface area (Å²) in [6, 6.07) is 26.4. The summed E-state index contributed by atoms with van der Waals surface area (Å²) in [6.45, 7) is 0. The highest BCUT2D eigenvalue weighted by molar-refractivity contribution is 7.48. The van der Waals surface area contributed by atoms with E-state index in [1.807, 2.05) is 48.5 Å². The zero-order valence-corrected chi connectivity index (χ0v) is 23.3. The maximum absolute atomic E-state index is 15.4. The fourth-order valence-electron chi connectivity index (χ4n) is 5.41. The maximum atomic E-state index is 15.4. The van der Waals surface area contributed by atoms with Crippen molar-refractivity contribution < 1.29 is 27.3 Å². The minimum Gasteiger partial charge on any atom is -0.394 e. The van der Waals surface area contributed by atoms with Gasteiger partial charge in [0.1, 0.15) is 23.1 Å². The van der Waals surface area contributed by atoms with Crippen molar-refractivity contribution in [1.29, 1.82) is 0 Å². The summed E-state index contributed by atoms with van der Waals surface area (Å²) >= 11 is 12.1. The summed E-state index contributed by atoms with van der Waals surface area (Å²) in [4.78, 5) is 11.0. The van der Waals surface area contributed by atoms with Gasteiger partial charge in [-0.25, -0.2) is 13.3 Å². The predicted molar refractivity (Wildman–Crippen MR) is 159 cm³/mol. The smallest absolute Gasteiger partial charge is 0.394 e. The van der Waals surface area contributed by atoms with Crippen molar-refractivity contribution >= 4 is 52.6 Å². The molecule has 202 valence electrons. The Kier molecular flexibility index (Phi) is 6.07. The van der Waals surface area contributed by atoms with Crippen molar-refractivity contribution in [1.82, 2.24) is 0 Å². The van der Waals surface area contributed by atoms with Gasteiger partial charge >= 0.3 is 7.82 Å². The van der Waals surface area contributed by atoms with Crippen molar-refractivity contribution in [2.24, 2.45) is 0 Å². The molecule has 0 spiro atoms. The molecular weight excluding hydrogens is 588 g/mol. The first kappa shape index (κ1) is 26.0. The van der Waals surface area contributed by atoms with E-state index in [1.165, 1.54) is 24.3 Å². The Labute approximate surface area is 242 Å². The molecule has 1 heterocycles. The van der Waals surface area contributed by atoms with Crippen LogP contribution in [0.5, 0.6) is 11.5 Å². The summed E-state index contributed by atoms with van der Waals surface area (Å²) in [7, 11) is -4.89. The predicted octanol–water partition coefficient (Wildman–Crippen LogP) is 10.5. The van der Waals surface area contributed by atoms with Gasteiger partial charge < -0.3 is 9.05 Å². The van der Waals surface area contributed by atoms with Gasteiger partial charge in [0.25, 0.3) is 0 Å². The summed E-state index contributed by atoms with van der Waals surface area (Å²) in [5, 5.41) is 3.14. The average Bonchev–Trinajstić information content (AvgIpc) is 3.06. The first-order valence-electron chi connectivity index (χ1n) is 12.4. The number of benzene rings is 6. The van der Waals surface area contributed by atoms with Crippen molar-refractivity contribution in [2.45, 2.75) is 0 Å². The zero-order valence-electron chi connectivity index (χ0n) is 20.9. The van der Waals surface area contributed by atoms with E-state index in [4.69, 9.17) is 32.2 Å². The van der Waals surface area contributed by atoms with E-state index in [2.05, 4.69) is 0 Å². The summed E-state index contributed by atoms with van der Waals surface area (Å²) < 4.78 is 55.8. The van der Waals surface area contributed by atoms with Gasteiger partial charge in [-0.05, 0) is 70.1 Å². The third-order valence-corrected chi connectivity index (χ3v) is 8.41. The molecular formula is C32H17Cl2F2O4P. The second-order valence-corrected chi connectivity index (χ2v) is 11.8. The van der Waals surface area contributed by atoms with Gasteiger partial charge in [-0.2, -0.15) is 0 Å². The largest absolute Gasteiger partial charge is 0.584 e. The van der Waals surface area contributed by atoms with Gasteiger partial charge in [0.05, 0.1) is 0 Å². The van der Waals surface area contributed by atoms with Crippen LogP contribution in [-0.4, -0.2) is 4.89 Å². The van der Waals surface area contributed by atoms with Gasteiger partial charge in [-0.15, -0.1) is 0 Å². The molecule has 0 saturated heterocycles. The van der Waals surface area contributed by atoms with E-state index in [0.29, 0.717) is 32.7 Å². The normalized spacial score (nSPS) is 13.7. The lowest BCUT2D eigenvalue weighted by atomic mass is 9.86. The van der Waals surface area contributed by atoms with Crippen LogP contribution in [0.3, 0.4) is 0 Å². The van der Waals surface area contributed by atoms with Crippen LogP contribution < -0.4 is 9.05 Å². The Bertz CT molecular complexity index is 1970. The van der Waals surface area contributed by atoms with Crippen LogP contribution in [0.1, 0.15) is 0 Å². The number of hydrogen-bond donors (Lipinski definition) is 1. The van der Waals surface area contributed by atoms with Gasteiger partial charge in [-0.1, -0.05) is 71.7 Å². The fourth-order valence-corrected chi connectivity index (χ4v) is 6.60. The molecule has 0 saturated carbocycles. The van der Waals surface area contributed by atoms with Gasteiger partial charge in [-0.3, -0.25) is 4.89 Å². The molecule has 1 aliphatic heterocycles. The number of rotatable bonds is 2. The fraction of sp³-hybridized carbons (Fsp3) is 0. The average molecular weight is 605 g/mol. The molecule has 41 heavy (non-hydrogen) atoms. The van der Waals surface area contributed by atoms with E-state index in [-0.39, 0.29) is 43.8 Å². The zero-order chi connectivity index (χ0) is 28.5. The van der Waals surface area contributed by atoms with E-state index < -0.39 is 19.5 Å². The Balaban J connectivity index is 1.71. The molecule has 0 aromatic heterocycles. The second-order valence-electron chi connectivity index (χ2n) is 9.60. The molecule has 0 unspecified atom stereocenters. The molecule has 0 amide bonds.